The molecule has 35 heavy (non-hydrogen) atoms. The summed E-state index contributed by atoms with van der Waals surface area (Å²) < 4.78 is 12.0. The fourth-order valence-electron chi connectivity index (χ4n) is 5.97. The fourth-order valence-corrected chi connectivity index (χ4v) is 5.97. The van der Waals surface area contributed by atoms with Crippen LogP contribution in [0.3, 0.4) is 0 Å². The molecule has 2 aromatic rings. The first-order valence-electron chi connectivity index (χ1n) is 13.1. The van der Waals surface area contributed by atoms with Crippen molar-refractivity contribution in [3.05, 3.63) is 70.8 Å². The van der Waals surface area contributed by atoms with E-state index >= 15 is 0 Å². The maximum atomic E-state index is 13.6. The molecule has 0 N–H and O–H groups in total. The zero-order valence-electron chi connectivity index (χ0n) is 21.9. The summed E-state index contributed by atoms with van der Waals surface area (Å²) in [4.78, 5) is 27.3. The highest BCUT2D eigenvalue weighted by molar-refractivity contribution is 5.87. The minimum Gasteiger partial charge on any atom is -0.426 e. The van der Waals surface area contributed by atoms with Crippen LogP contribution in [0.4, 0.5) is 0 Å². The Kier molecular flexibility index (Phi) is 7.21. The highest BCUT2D eigenvalue weighted by Gasteiger charge is 2.62. The molecule has 0 amide bonds. The topological polar surface area (TPSA) is 52.6 Å². The van der Waals surface area contributed by atoms with Crippen LogP contribution in [0.25, 0.3) is 0 Å². The largest absolute Gasteiger partial charge is 0.426 e. The monoisotopic (exact) mass is 474 g/mol. The fraction of sp³-hybridized carbons (Fsp3) is 0.484. The van der Waals surface area contributed by atoms with Crippen LogP contribution in [-0.4, -0.2) is 11.9 Å². The van der Waals surface area contributed by atoms with Gasteiger partial charge in [-0.1, -0.05) is 78.0 Å². The van der Waals surface area contributed by atoms with Gasteiger partial charge >= 0.3 is 11.9 Å². The Balaban J connectivity index is 1.62. The molecule has 0 radical (unpaired) electrons. The number of carbonyl (C=O) groups is 2. The predicted molar refractivity (Wildman–Crippen MR) is 139 cm³/mol. The summed E-state index contributed by atoms with van der Waals surface area (Å²) in [5, 5.41) is 0. The first-order valence-corrected chi connectivity index (χ1v) is 13.1. The minimum atomic E-state index is -0.567. The maximum absolute atomic E-state index is 13.6. The number of fused-ring (bicyclic) bond motifs is 2. The molecule has 4 rings (SSSR count). The number of rotatable bonds is 8. The van der Waals surface area contributed by atoms with Gasteiger partial charge in [0.2, 0.25) is 0 Å². The molecular formula is C31H38O4. The van der Waals surface area contributed by atoms with Crippen LogP contribution in [0.1, 0.15) is 63.8 Å². The average Bonchev–Trinajstić information content (AvgIpc) is 3.28. The molecule has 2 aliphatic carbocycles. The second kappa shape index (κ2) is 10.0. The quantitative estimate of drug-likeness (QED) is 0.248. The van der Waals surface area contributed by atoms with Crippen molar-refractivity contribution in [1.82, 2.24) is 0 Å². The predicted octanol–water partition coefficient (Wildman–Crippen LogP) is 6.52. The lowest BCUT2D eigenvalue weighted by Gasteiger charge is -2.25. The number of hydrogen-bond donors (Lipinski definition) is 0. The average molecular weight is 475 g/mol. The third-order valence-electron chi connectivity index (χ3n) is 8.20. The van der Waals surface area contributed by atoms with E-state index in [-0.39, 0.29) is 29.2 Å². The lowest BCUT2D eigenvalue weighted by atomic mass is 9.79. The minimum absolute atomic E-state index is 0.0642. The number of allylic oxidation sites excluding steroid dienone is 2. The van der Waals surface area contributed by atoms with E-state index in [1.807, 2.05) is 24.3 Å². The van der Waals surface area contributed by atoms with Crippen molar-refractivity contribution < 1.29 is 19.1 Å². The van der Waals surface area contributed by atoms with E-state index in [1.165, 1.54) is 11.1 Å². The van der Waals surface area contributed by atoms with Crippen LogP contribution >= 0.6 is 0 Å². The van der Waals surface area contributed by atoms with Crippen molar-refractivity contribution in [2.45, 2.75) is 67.2 Å². The molecule has 186 valence electrons. The Morgan fingerprint density at radius 1 is 0.686 bits per heavy atom. The Hall–Kier alpha value is -2.88. The molecule has 4 nitrogen and oxygen atoms in total. The summed E-state index contributed by atoms with van der Waals surface area (Å²) >= 11 is 0. The standard InChI is InChI=1S/C31H38O4/c1-7-19-11-15-25(21(9-3)17-19)34-29(32)27-23-13-14-24(31(23,5)6)28(27)30(33)35-26-16-12-20(8-2)18-22(26)10-4/h11-18,23-24,27-28H,7-10H2,1-6H3. The molecule has 0 saturated heterocycles. The molecule has 1 fully saturated rings. The number of hydrogen-bond acceptors (Lipinski definition) is 4. The molecule has 2 aliphatic rings. The highest BCUT2D eigenvalue weighted by atomic mass is 16.5. The van der Waals surface area contributed by atoms with Gasteiger partial charge < -0.3 is 9.47 Å². The Bertz CT molecular complexity index is 1060. The van der Waals surface area contributed by atoms with E-state index < -0.39 is 11.8 Å². The highest BCUT2D eigenvalue weighted by Crippen LogP contribution is 2.60. The smallest absolute Gasteiger partial charge is 0.315 e. The van der Waals surface area contributed by atoms with Crippen molar-refractivity contribution in [1.29, 1.82) is 0 Å². The van der Waals surface area contributed by atoms with Crippen LogP contribution in [0.15, 0.2) is 48.6 Å². The summed E-state index contributed by atoms with van der Waals surface area (Å²) in [7, 11) is 0. The Labute approximate surface area is 209 Å². The van der Waals surface area contributed by atoms with Crippen LogP contribution in [-0.2, 0) is 35.3 Å². The van der Waals surface area contributed by atoms with E-state index in [2.05, 4.69) is 65.8 Å². The van der Waals surface area contributed by atoms with Crippen LogP contribution in [0, 0.1) is 29.1 Å². The summed E-state index contributed by atoms with van der Waals surface area (Å²) in [6.45, 7) is 12.6. The number of carbonyl (C=O) groups excluding carboxylic acids is 2. The van der Waals surface area contributed by atoms with Crippen molar-refractivity contribution in [3.8, 4) is 11.5 Å². The van der Waals surface area contributed by atoms with Crippen molar-refractivity contribution in [2.75, 3.05) is 0 Å². The number of ether oxygens (including phenoxy) is 2. The molecule has 4 atom stereocenters. The zero-order chi connectivity index (χ0) is 25.3. The molecule has 4 heteroatoms. The third kappa shape index (κ3) is 4.55. The molecule has 2 aromatic carbocycles. The van der Waals surface area contributed by atoms with Gasteiger partial charge in [-0.15, -0.1) is 0 Å². The summed E-state index contributed by atoms with van der Waals surface area (Å²) in [6, 6.07) is 12.0. The van der Waals surface area contributed by atoms with E-state index in [4.69, 9.17) is 9.47 Å². The van der Waals surface area contributed by atoms with E-state index in [0.717, 1.165) is 36.8 Å². The van der Waals surface area contributed by atoms with Gasteiger partial charge in [0.15, 0.2) is 0 Å². The van der Waals surface area contributed by atoms with E-state index in [0.29, 0.717) is 11.5 Å². The SMILES string of the molecule is CCc1ccc(OC(=O)C2C(C(=O)Oc3ccc(CC)cc3CC)C3C=CC2C3(C)C)c(CC)c1. The molecule has 1 saturated carbocycles. The second-order valence-corrected chi connectivity index (χ2v) is 10.4. The maximum Gasteiger partial charge on any atom is 0.315 e. The van der Waals surface area contributed by atoms with Gasteiger partial charge in [-0.2, -0.15) is 0 Å². The third-order valence-corrected chi connectivity index (χ3v) is 8.20. The lowest BCUT2D eigenvalue weighted by Crippen LogP contribution is -2.37. The van der Waals surface area contributed by atoms with Gasteiger partial charge in [-0.25, -0.2) is 0 Å². The van der Waals surface area contributed by atoms with E-state index in [9.17, 15) is 9.59 Å². The Morgan fingerprint density at radius 3 is 1.43 bits per heavy atom. The lowest BCUT2D eigenvalue weighted by molar-refractivity contribution is -0.151. The molecule has 4 unspecified atom stereocenters. The van der Waals surface area contributed by atoms with Gasteiger partial charge in [-0.05, 0) is 77.3 Å². The van der Waals surface area contributed by atoms with Crippen LogP contribution < -0.4 is 9.47 Å². The van der Waals surface area contributed by atoms with Gasteiger partial charge in [0.05, 0.1) is 11.8 Å². The normalized spacial score (nSPS) is 23.9. The van der Waals surface area contributed by atoms with Gasteiger partial charge in [0.1, 0.15) is 11.5 Å². The number of benzene rings is 2. The number of esters is 2. The molecule has 0 aliphatic heterocycles. The first kappa shape index (κ1) is 25.2. The number of aryl methyl sites for hydroxylation is 4. The van der Waals surface area contributed by atoms with Crippen LogP contribution in [0.5, 0.6) is 11.5 Å². The van der Waals surface area contributed by atoms with Crippen molar-refractivity contribution in [2.24, 2.45) is 29.1 Å². The molecule has 0 aromatic heterocycles. The molecule has 0 heterocycles. The Morgan fingerprint density at radius 2 is 1.09 bits per heavy atom. The van der Waals surface area contributed by atoms with Crippen molar-refractivity contribution >= 4 is 11.9 Å². The summed E-state index contributed by atoms with van der Waals surface area (Å²) in [5.74, 6) is -0.757. The van der Waals surface area contributed by atoms with Crippen molar-refractivity contribution in [3.63, 3.8) is 0 Å². The first-order chi connectivity index (χ1) is 16.7. The summed E-state index contributed by atoms with van der Waals surface area (Å²) in [6.07, 6.45) is 7.59. The van der Waals surface area contributed by atoms with Crippen LogP contribution in [0.2, 0.25) is 0 Å². The van der Waals surface area contributed by atoms with Gasteiger partial charge in [0.25, 0.3) is 0 Å². The molecule has 0 spiro atoms. The summed E-state index contributed by atoms with van der Waals surface area (Å²) in [5.41, 5.74) is 4.24. The molecular weight excluding hydrogens is 436 g/mol. The zero-order valence-corrected chi connectivity index (χ0v) is 21.9. The second-order valence-electron chi connectivity index (χ2n) is 10.4. The molecule has 2 bridgehead atoms. The van der Waals surface area contributed by atoms with E-state index in [1.54, 1.807) is 0 Å². The van der Waals surface area contributed by atoms with Gasteiger partial charge in [-0.3, -0.25) is 9.59 Å². The van der Waals surface area contributed by atoms with Gasteiger partial charge in [0, 0.05) is 0 Å².